The number of aromatic nitrogens is 2. The van der Waals surface area contributed by atoms with Crippen LogP contribution in [0, 0.1) is 0 Å². The van der Waals surface area contributed by atoms with E-state index in [9.17, 15) is 4.79 Å². The molecule has 0 aliphatic rings. The molecule has 0 spiro atoms. The molecule has 0 saturated heterocycles. The first-order valence-corrected chi connectivity index (χ1v) is 4.55. The summed E-state index contributed by atoms with van der Waals surface area (Å²) in [7, 11) is 0. The Morgan fingerprint density at radius 2 is 2.43 bits per heavy atom. The summed E-state index contributed by atoms with van der Waals surface area (Å²) in [5, 5.41) is 3.01. The number of aromatic amines is 1. The fourth-order valence-electron chi connectivity index (χ4n) is 0.991. The van der Waals surface area contributed by atoms with Gasteiger partial charge in [0, 0.05) is 18.1 Å². The molecule has 1 aromatic rings. The van der Waals surface area contributed by atoms with Crippen molar-refractivity contribution in [1.82, 2.24) is 5.10 Å². The molecule has 14 heavy (non-hydrogen) atoms. The van der Waals surface area contributed by atoms with Crippen LogP contribution in [0.15, 0.2) is 30.6 Å². The van der Waals surface area contributed by atoms with E-state index in [1.54, 1.807) is 6.92 Å². The molecule has 0 atom stereocenters. The number of carbonyl (C=O) groups excluding carboxylic acids is 1. The standard InChI is InChI=1S/C10H14N2O2/c1-9(2)10(13)14-8-4-7-12-6-3-5-11-12/h3,5-6H,1,4,7-8H2,2H3/p+1. The van der Waals surface area contributed by atoms with Crippen LogP contribution >= 0.6 is 0 Å². The fourth-order valence-corrected chi connectivity index (χ4v) is 0.991. The van der Waals surface area contributed by atoms with Gasteiger partial charge in [0.15, 0.2) is 12.7 Å². The Morgan fingerprint density at radius 1 is 1.64 bits per heavy atom. The van der Waals surface area contributed by atoms with Gasteiger partial charge >= 0.3 is 5.97 Å². The number of nitrogens with zero attached hydrogens (tertiary/aromatic N) is 1. The molecule has 4 nitrogen and oxygen atoms in total. The van der Waals surface area contributed by atoms with E-state index in [4.69, 9.17) is 4.74 Å². The first-order chi connectivity index (χ1) is 6.70. The topological polar surface area (TPSA) is 46.0 Å². The lowest BCUT2D eigenvalue weighted by atomic mass is 10.3. The van der Waals surface area contributed by atoms with Gasteiger partial charge in [0.25, 0.3) is 0 Å². The zero-order valence-electron chi connectivity index (χ0n) is 8.32. The van der Waals surface area contributed by atoms with Crippen LogP contribution < -0.4 is 4.68 Å². The lowest BCUT2D eigenvalue weighted by Gasteiger charge is -2.01. The van der Waals surface area contributed by atoms with Gasteiger partial charge in [-0.3, -0.25) is 0 Å². The first-order valence-electron chi connectivity index (χ1n) is 4.55. The molecule has 4 heteroatoms. The average Bonchev–Trinajstić information content (AvgIpc) is 2.64. The van der Waals surface area contributed by atoms with Crippen molar-refractivity contribution in [3.63, 3.8) is 0 Å². The third-order valence-electron chi connectivity index (χ3n) is 1.73. The van der Waals surface area contributed by atoms with Gasteiger partial charge in [0.2, 0.25) is 0 Å². The number of aryl methyl sites for hydroxylation is 1. The molecule has 76 valence electrons. The van der Waals surface area contributed by atoms with Crippen molar-refractivity contribution in [2.45, 2.75) is 19.9 Å². The quantitative estimate of drug-likeness (QED) is 0.327. The number of nitrogens with one attached hydrogen (secondary N) is 1. The van der Waals surface area contributed by atoms with Crippen molar-refractivity contribution in [2.24, 2.45) is 0 Å². The normalized spacial score (nSPS) is 9.79. The third kappa shape index (κ3) is 3.43. The molecular weight excluding hydrogens is 180 g/mol. The van der Waals surface area contributed by atoms with Gasteiger partial charge < -0.3 is 4.74 Å². The Labute approximate surface area is 83.2 Å². The highest BCUT2D eigenvalue weighted by Crippen LogP contribution is 1.93. The van der Waals surface area contributed by atoms with Gasteiger partial charge in [-0.05, 0) is 6.92 Å². The van der Waals surface area contributed by atoms with E-state index in [0.717, 1.165) is 13.0 Å². The molecule has 0 aliphatic carbocycles. The summed E-state index contributed by atoms with van der Waals surface area (Å²) in [6.45, 7) is 6.38. The average molecular weight is 195 g/mol. The summed E-state index contributed by atoms with van der Waals surface area (Å²) >= 11 is 0. The Kier molecular flexibility index (Phi) is 3.91. The molecule has 1 rings (SSSR count). The van der Waals surface area contributed by atoms with Gasteiger partial charge in [-0.25, -0.2) is 4.79 Å². The molecule has 0 bridgehead atoms. The van der Waals surface area contributed by atoms with Crippen molar-refractivity contribution < 1.29 is 14.2 Å². The molecule has 0 fully saturated rings. The molecule has 1 aromatic heterocycles. The molecular formula is C10H15N2O2+. The predicted molar refractivity (Wildman–Crippen MR) is 51.4 cm³/mol. The summed E-state index contributed by atoms with van der Waals surface area (Å²) in [6, 6.07) is 1.92. The number of ether oxygens (including phenoxy) is 1. The van der Waals surface area contributed by atoms with Crippen LogP contribution in [0.5, 0.6) is 0 Å². The summed E-state index contributed by atoms with van der Waals surface area (Å²) in [5.41, 5.74) is 0.442. The lowest BCUT2D eigenvalue weighted by molar-refractivity contribution is -0.750. The van der Waals surface area contributed by atoms with Crippen LogP contribution in [0.3, 0.4) is 0 Å². The monoisotopic (exact) mass is 195 g/mol. The van der Waals surface area contributed by atoms with E-state index in [1.807, 2.05) is 23.1 Å². The number of rotatable bonds is 5. The molecule has 0 aliphatic heterocycles. The maximum atomic E-state index is 11.0. The minimum Gasteiger partial charge on any atom is -0.462 e. The second kappa shape index (κ2) is 5.21. The van der Waals surface area contributed by atoms with Crippen LogP contribution in [-0.2, 0) is 16.1 Å². The van der Waals surface area contributed by atoms with E-state index in [0.29, 0.717) is 12.2 Å². The second-order valence-electron chi connectivity index (χ2n) is 3.10. The molecule has 0 aromatic carbocycles. The van der Waals surface area contributed by atoms with E-state index in [2.05, 4.69) is 11.7 Å². The van der Waals surface area contributed by atoms with E-state index in [-0.39, 0.29) is 5.97 Å². The molecule has 0 amide bonds. The summed E-state index contributed by atoms with van der Waals surface area (Å²) < 4.78 is 6.86. The molecule has 0 saturated carbocycles. The maximum absolute atomic E-state index is 11.0. The summed E-state index contributed by atoms with van der Waals surface area (Å²) in [5.74, 6) is -0.318. The number of hydrogen-bond donors (Lipinski definition) is 1. The molecule has 0 unspecified atom stereocenters. The second-order valence-corrected chi connectivity index (χ2v) is 3.10. The minimum atomic E-state index is -0.318. The van der Waals surface area contributed by atoms with Crippen LogP contribution in [0.2, 0.25) is 0 Å². The molecule has 1 heterocycles. The van der Waals surface area contributed by atoms with Crippen LogP contribution in [0.4, 0.5) is 0 Å². The molecule has 1 N–H and O–H groups in total. The summed E-state index contributed by atoms with van der Waals surface area (Å²) in [6.07, 6.45) is 4.57. The maximum Gasteiger partial charge on any atom is 0.333 e. The van der Waals surface area contributed by atoms with E-state index < -0.39 is 0 Å². The van der Waals surface area contributed by atoms with Crippen LogP contribution in [-0.4, -0.2) is 17.7 Å². The Morgan fingerprint density at radius 3 is 3.00 bits per heavy atom. The minimum absolute atomic E-state index is 0.318. The van der Waals surface area contributed by atoms with Crippen molar-refractivity contribution in [1.29, 1.82) is 0 Å². The zero-order valence-corrected chi connectivity index (χ0v) is 8.32. The van der Waals surface area contributed by atoms with E-state index >= 15 is 0 Å². The number of hydrogen-bond acceptors (Lipinski definition) is 2. The van der Waals surface area contributed by atoms with Gasteiger partial charge in [-0.2, -0.15) is 5.10 Å². The van der Waals surface area contributed by atoms with Crippen molar-refractivity contribution in [2.75, 3.05) is 6.61 Å². The summed E-state index contributed by atoms with van der Waals surface area (Å²) in [4.78, 5) is 11.0. The third-order valence-corrected chi connectivity index (χ3v) is 1.73. The Bertz CT molecular complexity index is 304. The fraction of sp³-hybridized carbons (Fsp3) is 0.400. The van der Waals surface area contributed by atoms with Gasteiger partial charge in [-0.1, -0.05) is 6.58 Å². The van der Waals surface area contributed by atoms with Gasteiger partial charge in [-0.15, -0.1) is 4.68 Å². The highest BCUT2D eigenvalue weighted by molar-refractivity contribution is 5.86. The van der Waals surface area contributed by atoms with Crippen LogP contribution in [0.25, 0.3) is 0 Å². The van der Waals surface area contributed by atoms with Gasteiger partial charge in [0.1, 0.15) is 0 Å². The predicted octanol–water partition coefficient (Wildman–Crippen LogP) is 0.812. The first kappa shape index (κ1) is 10.5. The smallest absolute Gasteiger partial charge is 0.333 e. The van der Waals surface area contributed by atoms with Crippen molar-refractivity contribution in [3.8, 4) is 0 Å². The molecule has 0 radical (unpaired) electrons. The number of H-pyrrole nitrogens is 1. The lowest BCUT2D eigenvalue weighted by Crippen LogP contribution is -2.35. The highest BCUT2D eigenvalue weighted by atomic mass is 16.5. The number of carbonyl (C=O) groups is 1. The van der Waals surface area contributed by atoms with Gasteiger partial charge in [0.05, 0.1) is 12.8 Å². The Balaban J connectivity index is 2.11. The SMILES string of the molecule is C=C(C)C(=O)OCCC[n+]1ccc[nH]1. The van der Waals surface area contributed by atoms with E-state index in [1.165, 1.54) is 0 Å². The van der Waals surface area contributed by atoms with Crippen LogP contribution in [0.1, 0.15) is 13.3 Å². The van der Waals surface area contributed by atoms with Crippen molar-refractivity contribution in [3.05, 3.63) is 30.6 Å². The zero-order chi connectivity index (χ0) is 10.4. The number of esters is 1. The largest absolute Gasteiger partial charge is 0.462 e. The van der Waals surface area contributed by atoms with Crippen molar-refractivity contribution >= 4 is 5.97 Å². The Hall–Kier alpha value is -1.58. The highest BCUT2D eigenvalue weighted by Gasteiger charge is 2.04.